The van der Waals surface area contributed by atoms with Gasteiger partial charge in [-0.1, -0.05) is 0 Å². The van der Waals surface area contributed by atoms with Gasteiger partial charge in [-0.05, 0) is 55.3 Å². The molecule has 1 N–H and O–H groups in total. The number of hydrogen-bond acceptors (Lipinski definition) is 5. The van der Waals surface area contributed by atoms with Crippen LogP contribution in [-0.2, 0) is 10.2 Å². The van der Waals surface area contributed by atoms with Crippen molar-refractivity contribution in [3.05, 3.63) is 66.0 Å². The summed E-state index contributed by atoms with van der Waals surface area (Å²) in [5, 5.41) is 11.1. The van der Waals surface area contributed by atoms with Crippen LogP contribution < -0.4 is 10.2 Å². The molecular weight excluding hydrogens is 481 g/mol. The molecule has 2 fully saturated rings. The quantitative estimate of drug-likeness (QED) is 0.344. The monoisotopic (exact) mass is 503 g/mol. The summed E-state index contributed by atoms with van der Waals surface area (Å²) in [6.07, 6.45) is 0.213. The second kappa shape index (κ2) is 9.11. The Hall–Kier alpha value is -3.63. The zero-order valence-corrected chi connectivity index (χ0v) is 19.0. The molecule has 0 saturated heterocycles. The summed E-state index contributed by atoms with van der Waals surface area (Å²) in [4.78, 5) is 16.8. The van der Waals surface area contributed by atoms with E-state index in [9.17, 15) is 26.7 Å². The number of carbonyl (C=O) groups excluding carboxylic acids is 1. The second-order valence-electron chi connectivity index (χ2n) is 9.37. The molecule has 2 aliphatic rings. The molecule has 2 aromatic heterocycles. The van der Waals surface area contributed by atoms with Crippen LogP contribution in [0.5, 0.6) is 0 Å². The number of anilines is 2. The maximum Gasteiger partial charge on any atom is 0.252 e. The summed E-state index contributed by atoms with van der Waals surface area (Å²) >= 11 is 0. The zero-order chi connectivity index (χ0) is 25.5. The minimum atomic E-state index is -2.81. The number of benzene rings is 1. The Morgan fingerprint density at radius 1 is 1.03 bits per heavy atom. The van der Waals surface area contributed by atoms with Crippen LogP contribution >= 0.6 is 0 Å². The highest BCUT2D eigenvalue weighted by Gasteiger charge is 2.49. The van der Waals surface area contributed by atoms with E-state index in [4.69, 9.17) is 0 Å². The van der Waals surface area contributed by atoms with Gasteiger partial charge in [0.15, 0.2) is 0 Å². The number of amides is 1. The molecule has 0 aliphatic heterocycles. The fraction of sp³-hybridized carbons (Fsp3) is 0.360. The van der Waals surface area contributed by atoms with E-state index in [1.165, 1.54) is 36.5 Å². The SMILES string of the molecule is O=CN(c1ccc(F)c(-c2ccc(NCC3(c4ncccc4F)CC(F)C3)nn2)c1)C1CC(F)(F)C1. The van der Waals surface area contributed by atoms with E-state index in [1.807, 2.05) is 0 Å². The lowest BCUT2D eigenvalue weighted by molar-refractivity contribution is -0.113. The van der Waals surface area contributed by atoms with Crippen molar-refractivity contribution in [1.82, 2.24) is 15.2 Å². The Kier molecular flexibility index (Phi) is 6.09. The summed E-state index contributed by atoms with van der Waals surface area (Å²) in [6, 6.07) is 9.00. The number of halogens is 5. The van der Waals surface area contributed by atoms with Crippen LogP contribution in [0.2, 0.25) is 0 Å². The molecule has 188 valence electrons. The summed E-state index contributed by atoms with van der Waals surface area (Å²) in [5.41, 5.74) is -0.129. The Morgan fingerprint density at radius 2 is 1.81 bits per heavy atom. The number of rotatable bonds is 8. The molecule has 0 radical (unpaired) electrons. The molecule has 2 heterocycles. The van der Waals surface area contributed by atoms with Gasteiger partial charge in [0, 0.05) is 48.3 Å². The topological polar surface area (TPSA) is 71.0 Å². The van der Waals surface area contributed by atoms with E-state index in [1.54, 1.807) is 6.07 Å². The van der Waals surface area contributed by atoms with Gasteiger partial charge in [-0.3, -0.25) is 9.78 Å². The van der Waals surface area contributed by atoms with Gasteiger partial charge in [-0.2, -0.15) is 0 Å². The number of aromatic nitrogens is 3. The smallest absolute Gasteiger partial charge is 0.252 e. The fourth-order valence-corrected chi connectivity index (χ4v) is 4.87. The van der Waals surface area contributed by atoms with Crippen LogP contribution in [0.1, 0.15) is 31.4 Å². The molecule has 0 spiro atoms. The zero-order valence-electron chi connectivity index (χ0n) is 19.0. The second-order valence-corrected chi connectivity index (χ2v) is 9.37. The summed E-state index contributed by atoms with van der Waals surface area (Å²) < 4.78 is 69.2. The standard InChI is InChI=1S/C25H22F5N5O/c26-15-9-24(10-15,23-20(28)2-1-7-31-23)13-32-22-6-5-21(33-34-22)18-8-16(3-4-19(18)27)35(14-36)17-11-25(29,30)12-17/h1-8,14-15,17H,9-13H2,(H,32,34). The summed E-state index contributed by atoms with van der Waals surface area (Å²) in [7, 11) is 0. The van der Waals surface area contributed by atoms with Gasteiger partial charge >= 0.3 is 0 Å². The molecule has 6 nitrogen and oxygen atoms in total. The van der Waals surface area contributed by atoms with Crippen molar-refractivity contribution < 1.29 is 26.7 Å². The van der Waals surface area contributed by atoms with Gasteiger partial charge in [0.25, 0.3) is 5.92 Å². The number of nitrogens with zero attached hydrogens (tertiary/aromatic N) is 4. The average molecular weight is 503 g/mol. The maximum atomic E-state index is 14.6. The number of nitrogens with one attached hydrogen (secondary N) is 1. The Balaban J connectivity index is 1.32. The molecule has 0 bridgehead atoms. The molecule has 5 rings (SSSR count). The first-order chi connectivity index (χ1) is 17.2. The van der Waals surface area contributed by atoms with Gasteiger partial charge in [-0.25, -0.2) is 22.0 Å². The van der Waals surface area contributed by atoms with Crippen LogP contribution in [0.15, 0.2) is 48.7 Å². The van der Waals surface area contributed by atoms with Crippen molar-refractivity contribution >= 4 is 17.9 Å². The molecule has 1 aromatic carbocycles. The van der Waals surface area contributed by atoms with Crippen molar-refractivity contribution in [3.8, 4) is 11.3 Å². The molecule has 36 heavy (non-hydrogen) atoms. The van der Waals surface area contributed by atoms with E-state index in [2.05, 4.69) is 20.5 Å². The third-order valence-electron chi connectivity index (χ3n) is 6.86. The summed E-state index contributed by atoms with van der Waals surface area (Å²) in [6.45, 7) is 0.180. The number of alkyl halides is 3. The molecular formula is C25H22F5N5O. The fourth-order valence-electron chi connectivity index (χ4n) is 4.87. The third-order valence-corrected chi connectivity index (χ3v) is 6.86. The highest BCUT2D eigenvalue weighted by Crippen LogP contribution is 2.46. The Morgan fingerprint density at radius 3 is 2.42 bits per heavy atom. The molecule has 2 aliphatic carbocycles. The van der Waals surface area contributed by atoms with Crippen LogP contribution in [-0.4, -0.2) is 46.3 Å². The molecule has 3 aromatic rings. The first kappa shape index (κ1) is 24.1. The predicted octanol–water partition coefficient (Wildman–Crippen LogP) is 5.06. The largest absolute Gasteiger partial charge is 0.368 e. The van der Waals surface area contributed by atoms with Crippen LogP contribution in [0.4, 0.5) is 33.5 Å². The lowest BCUT2D eigenvalue weighted by atomic mass is 9.65. The van der Waals surface area contributed by atoms with Crippen LogP contribution in [0.3, 0.4) is 0 Å². The van der Waals surface area contributed by atoms with E-state index >= 15 is 0 Å². The van der Waals surface area contributed by atoms with Crippen LogP contribution in [0.25, 0.3) is 11.3 Å². The van der Waals surface area contributed by atoms with Gasteiger partial charge in [0.2, 0.25) is 6.41 Å². The van der Waals surface area contributed by atoms with E-state index in [-0.39, 0.29) is 42.0 Å². The van der Waals surface area contributed by atoms with Gasteiger partial charge in [0.1, 0.15) is 23.6 Å². The van der Waals surface area contributed by atoms with Crippen molar-refractivity contribution in [3.63, 3.8) is 0 Å². The number of carbonyl (C=O) groups is 1. The van der Waals surface area contributed by atoms with E-state index < -0.39 is 48.0 Å². The minimum Gasteiger partial charge on any atom is -0.368 e. The maximum absolute atomic E-state index is 14.6. The van der Waals surface area contributed by atoms with Gasteiger partial charge < -0.3 is 10.2 Å². The first-order valence-corrected chi connectivity index (χ1v) is 11.4. The normalized spacial score (nSPS) is 22.9. The number of pyridine rings is 1. The minimum absolute atomic E-state index is 0.0516. The number of hydrogen-bond donors (Lipinski definition) is 1. The van der Waals surface area contributed by atoms with Gasteiger partial charge in [0.05, 0.1) is 11.4 Å². The molecule has 2 saturated carbocycles. The molecule has 0 atom stereocenters. The Labute approximate surface area is 203 Å². The highest BCUT2D eigenvalue weighted by molar-refractivity contribution is 5.79. The Bertz CT molecular complexity index is 1260. The highest BCUT2D eigenvalue weighted by atomic mass is 19.3. The van der Waals surface area contributed by atoms with Crippen molar-refractivity contribution in [2.75, 3.05) is 16.8 Å². The van der Waals surface area contributed by atoms with Crippen LogP contribution in [0, 0.1) is 11.6 Å². The van der Waals surface area contributed by atoms with Crippen molar-refractivity contribution in [2.45, 2.75) is 49.2 Å². The van der Waals surface area contributed by atoms with Crippen molar-refractivity contribution in [1.29, 1.82) is 0 Å². The van der Waals surface area contributed by atoms with Crippen molar-refractivity contribution in [2.24, 2.45) is 0 Å². The average Bonchev–Trinajstić information content (AvgIpc) is 2.82. The van der Waals surface area contributed by atoms with Gasteiger partial charge in [-0.15, -0.1) is 10.2 Å². The lowest BCUT2D eigenvalue weighted by Gasteiger charge is -2.44. The molecule has 11 heteroatoms. The lowest BCUT2D eigenvalue weighted by Crippen LogP contribution is -2.50. The van der Waals surface area contributed by atoms with E-state index in [0.717, 1.165) is 11.0 Å². The van der Waals surface area contributed by atoms with E-state index in [0.29, 0.717) is 12.2 Å². The summed E-state index contributed by atoms with van der Waals surface area (Å²) in [5.74, 6) is -3.61. The predicted molar refractivity (Wildman–Crippen MR) is 122 cm³/mol. The first-order valence-electron chi connectivity index (χ1n) is 11.4. The molecule has 1 amide bonds. The molecule has 0 unspecified atom stereocenters. The third kappa shape index (κ3) is 4.49.